The van der Waals surface area contributed by atoms with E-state index in [2.05, 4.69) is 10.6 Å². The van der Waals surface area contributed by atoms with Gasteiger partial charge < -0.3 is 15.4 Å². The topological polar surface area (TPSA) is 50.4 Å². The van der Waals surface area contributed by atoms with Crippen molar-refractivity contribution < 1.29 is 9.53 Å². The highest BCUT2D eigenvalue weighted by Gasteiger charge is 2.28. The highest BCUT2D eigenvalue weighted by molar-refractivity contribution is 5.80. The first-order valence-electron chi connectivity index (χ1n) is 4.82. The smallest absolute Gasteiger partial charge is 0.223 e. The van der Waals surface area contributed by atoms with Crippen molar-refractivity contribution in [1.29, 1.82) is 0 Å². The highest BCUT2D eigenvalue weighted by Crippen LogP contribution is 2.28. The Bertz CT molecular complexity index is 158. The molecule has 4 heteroatoms. The predicted octanol–water partition coefficient (Wildman–Crippen LogP) is -0.251. The Morgan fingerprint density at radius 1 is 1.38 bits per heavy atom. The molecule has 1 amide bonds. The summed E-state index contributed by atoms with van der Waals surface area (Å²) in [5.74, 6) is 0.535. The lowest BCUT2D eigenvalue weighted by Gasteiger charge is -2.05. The van der Waals surface area contributed by atoms with Gasteiger partial charge >= 0.3 is 0 Å². The van der Waals surface area contributed by atoms with Gasteiger partial charge in [-0.3, -0.25) is 4.79 Å². The zero-order valence-corrected chi connectivity index (χ0v) is 8.14. The van der Waals surface area contributed by atoms with Crippen LogP contribution in [0, 0.1) is 5.92 Å². The summed E-state index contributed by atoms with van der Waals surface area (Å²) in [6.45, 7) is 3.10. The van der Waals surface area contributed by atoms with Crippen LogP contribution in [0.1, 0.15) is 12.8 Å². The van der Waals surface area contributed by atoms with Crippen LogP contribution in [0.2, 0.25) is 0 Å². The summed E-state index contributed by atoms with van der Waals surface area (Å²) in [5.41, 5.74) is 0. The third-order valence-electron chi connectivity index (χ3n) is 2.03. The lowest BCUT2D eigenvalue weighted by molar-refractivity contribution is -0.122. The van der Waals surface area contributed by atoms with E-state index in [4.69, 9.17) is 4.74 Å². The van der Waals surface area contributed by atoms with Crippen LogP contribution in [-0.2, 0) is 9.53 Å². The SMILES string of the molecule is COCCNCCNC(=O)C1CC1. The number of hydrogen-bond donors (Lipinski definition) is 2. The molecule has 76 valence electrons. The summed E-state index contributed by atoms with van der Waals surface area (Å²) >= 11 is 0. The standard InChI is InChI=1S/C9H18N2O2/c1-13-7-6-10-4-5-11-9(12)8-2-3-8/h8,10H,2-7H2,1H3,(H,11,12). The molecule has 0 aromatic rings. The maximum atomic E-state index is 11.1. The molecule has 0 aromatic heterocycles. The molecule has 1 aliphatic rings. The second kappa shape index (κ2) is 5.94. The first-order chi connectivity index (χ1) is 6.34. The number of rotatable bonds is 7. The number of carbonyl (C=O) groups excluding carboxylic acids is 1. The van der Waals surface area contributed by atoms with E-state index in [1.165, 1.54) is 0 Å². The molecule has 0 bridgehead atoms. The van der Waals surface area contributed by atoms with Gasteiger partial charge in [-0.05, 0) is 12.8 Å². The lowest BCUT2D eigenvalue weighted by Crippen LogP contribution is -2.33. The number of ether oxygens (including phenoxy) is 1. The van der Waals surface area contributed by atoms with Gasteiger partial charge in [0.05, 0.1) is 6.61 Å². The van der Waals surface area contributed by atoms with E-state index in [-0.39, 0.29) is 5.91 Å². The van der Waals surface area contributed by atoms with Crippen molar-refractivity contribution in [1.82, 2.24) is 10.6 Å². The molecule has 0 aromatic carbocycles. The molecular formula is C9H18N2O2. The predicted molar refractivity (Wildman–Crippen MR) is 50.5 cm³/mol. The second-order valence-electron chi connectivity index (χ2n) is 3.31. The molecule has 13 heavy (non-hydrogen) atoms. The van der Waals surface area contributed by atoms with E-state index in [9.17, 15) is 4.79 Å². The van der Waals surface area contributed by atoms with E-state index >= 15 is 0 Å². The Labute approximate surface area is 79.0 Å². The van der Waals surface area contributed by atoms with Crippen LogP contribution in [0.4, 0.5) is 0 Å². The van der Waals surface area contributed by atoms with E-state index in [1.54, 1.807) is 7.11 Å². The van der Waals surface area contributed by atoms with Crippen molar-refractivity contribution in [2.24, 2.45) is 5.92 Å². The van der Waals surface area contributed by atoms with Gasteiger partial charge in [-0.15, -0.1) is 0 Å². The summed E-state index contributed by atoms with van der Waals surface area (Å²) < 4.78 is 4.87. The maximum Gasteiger partial charge on any atom is 0.223 e. The third kappa shape index (κ3) is 4.85. The number of amides is 1. The quantitative estimate of drug-likeness (QED) is 0.539. The first kappa shape index (κ1) is 10.5. The minimum absolute atomic E-state index is 0.216. The minimum atomic E-state index is 0.216. The fraction of sp³-hybridized carbons (Fsp3) is 0.889. The number of carbonyl (C=O) groups is 1. The monoisotopic (exact) mass is 186 g/mol. The van der Waals surface area contributed by atoms with Crippen molar-refractivity contribution in [2.45, 2.75) is 12.8 Å². The van der Waals surface area contributed by atoms with E-state index < -0.39 is 0 Å². The Hall–Kier alpha value is -0.610. The van der Waals surface area contributed by atoms with Crippen LogP contribution in [0.25, 0.3) is 0 Å². The summed E-state index contributed by atoms with van der Waals surface area (Å²) in [4.78, 5) is 11.1. The number of methoxy groups -OCH3 is 1. The van der Waals surface area contributed by atoms with Gasteiger partial charge in [-0.2, -0.15) is 0 Å². The van der Waals surface area contributed by atoms with Crippen molar-refractivity contribution >= 4 is 5.91 Å². The normalized spacial score (nSPS) is 15.8. The number of hydrogen-bond acceptors (Lipinski definition) is 3. The van der Waals surface area contributed by atoms with E-state index in [1.807, 2.05) is 0 Å². The maximum absolute atomic E-state index is 11.1. The molecule has 2 N–H and O–H groups in total. The lowest BCUT2D eigenvalue weighted by atomic mass is 10.4. The molecule has 0 saturated heterocycles. The minimum Gasteiger partial charge on any atom is -0.383 e. The molecule has 0 atom stereocenters. The Morgan fingerprint density at radius 3 is 2.77 bits per heavy atom. The average molecular weight is 186 g/mol. The molecule has 0 unspecified atom stereocenters. The zero-order chi connectivity index (χ0) is 9.52. The molecule has 0 heterocycles. The largest absolute Gasteiger partial charge is 0.383 e. The molecule has 1 saturated carbocycles. The zero-order valence-electron chi connectivity index (χ0n) is 8.14. The van der Waals surface area contributed by atoms with Crippen LogP contribution < -0.4 is 10.6 Å². The van der Waals surface area contributed by atoms with Crippen molar-refractivity contribution in [3.05, 3.63) is 0 Å². The van der Waals surface area contributed by atoms with Gasteiger partial charge in [-0.1, -0.05) is 0 Å². The van der Waals surface area contributed by atoms with Crippen LogP contribution >= 0.6 is 0 Å². The summed E-state index contributed by atoms with van der Waals surface area (Å²) in [7, 11) is 1.68. The van der Waals surface area contributed by atoms with Gasteiger partial charge in [-0.25, -0.2) is 0 Å². The van der Waals surface area contributed by atoms with Crippen LogP contribution in [0.15, 0.2) is 0 Å². The summed E-state index contributed by atoms with van der Waals surface area (Å²) in [6.07, 6.45) is 2.14. The molecule has 0 radical (unpaired) electrons. The van der Waals surface area contributed by atoms with Gasteiger partial charge in [0, 0.05) is 32.7 Å². The van der Waals surface area contributed by atoms with Gasteiger partial charge in [0.15, 0.2) is 0 Å². The van der Waals surface area contributed by atoms with Crippen molar-refractivity contribution in [3.63, 3.8) is 0 Å². The van der Waals surface area contributed by atoms with E-state index in [0.29, 0.717) is 5.92 Å². The van der Waals surface area contributed by atoms with Gasteiger partial charge in [0.25, 0.3) is 0 Å². The molecule has 1 aliphatic carbocycles. The van der Waals surface area contributed by atoms with Gasteiger partial charge in [0.2, 0.25) is 5.91 Å². The molecule has 0 aliphatic heterocycles. The Kier molecular flexibility index (Phi) is 4.78. The molecule has 0 spiro atoms. The van der Waals surface area contributed by atoms with E-state index in [0.717, 1.165) is 39.1 Å². The summed E-state index contributed by atoms with van der Waals surface area (Å²) in [6, 6.07) is 0. The van der Waals surface area contributed by atoms with Crippen LogP contribution in [-0.4, -0.2) is 39.3 Å². The molecular weight excluding hydrogens is 168 g/mol. The van der Waals surface area contributed by atoms with Gasteiger partial charge in [0.1, 0.15) is 0 Å². The van der Waals surface area contributed by atoms with Crippen LogP contribution in [0.5, 0.6) is 0 Å². The Morgan fingerprint density at radius 2 is 2.15 bits per heavy atom. The molecule has 4 nitrogen and oxygen atoms in total. The second-order valence-corrected chi connectivity index (χ2v) is 3.31. The summed E-state index contributed by atoms with van der Waals surface area (Å²) in [5, 5.41) is 6.04. The molecule has 1 fully saturated rings. The average Bonchev–Trinajstić information content (AvgIpc) is 2.93. The first-order valence-corrected chi connectivity index (χ1v) is 4.82. The van der Waals surface area contributed by atoms with Crippen molar-refractivity contribution in [3.8, 4) is 0 Å². The highest BCUT2D eigenvalue weighted by atomic mass is 16.5. The fourth-order valence-corrected chi connectivity index (χ4v) is 1.06. The third-order valence-corrected chi connectivity index (χ3v) is 2.03. The fourth-order valence-electron chi connectivity index (χ4n) is 1.06. The molecule has 1 rings (SSSR count). The Balaban J connectivity index is 1.80. The van der Waals surface area contributed by atoms with Crippen LogP contribution in [0.3, 0.4) is 0 Å². The number of nitrogens with one attached hydrogen (secondary N) is 2. The van der Waals surface area contributed by atoms with Crippen molar-refractivity contribution in [2.75, 3.05) is 33.4 Å².